The van der Waals surface area contributed by atoms with Gasteiger partial charge in [-0.25, -0.2) is 4.98 Å². The summed E-state index contributed by atoms with van der Waals surface area (Å²) in [5, 5.41) is 14.3. The number of imidazole rings is 1. The standard InChI is InChI=1S/C29H37N7O/c1-6-8-19-16-36(21-11-12-22(28(31)37)23(13-21)34-29(2,3)4)26-10-7-9-25(27(19)26)35-17-24(33-18-35)20(14-30)15-32-5/h7,9-11,13-18,22,30,32,34H,6,8,12H2,1-5H3,(H2,31,37)/p+1/b20-15+,30-14?. The zero-order chi connectivity index (χ0) is 26.7. The van der Waals surface area contributed by atoms with Crippen LogP contribution < -0.4 is 16.4 Å². The molecule has 2 heterocycles. The molecule has 37 heavy (non-hydrogen) atoms. The van der Waals surface area contributed by atoms with E-state index in [0.29, 0.717) is 6.42 Å². The Kier molecular flexibility index (Phi) is 7.50. The molecule has 1 aliphatic rings. The summed E-state index contributed by atoms with van der Waals surface area (Å²) in [7, 11) is 1.93. The average Bonchev–Trinajstić information content (AvgIpc) is 3.47. The van der Waals surface area contributed by atoms with Crippen molar-refractivity contribution in [3.63, 3.8) is 0 Å². The van der Waals surface area contributed by atoms with Gasteiger partial charge in [-0.05, 0) is 57.4 Å². The van der Waals surface area contributed by atoms with Crippen molar-refractivity contribution in [3.05, 3.63) is 72.2 Å². The molecule has 1 amide bonds. The lowest BCUT2D eigenvalue weighted by molar-refractivity contribution is -0.555. The summed E-state index contributed by atoms with van der Waals surface area (Å²) in [4.78, 5) is 16.8. The zero-order valence-corrected chi connectivity index (χ0v) is 22.4. The van der Waals surface area contributed by atoms with E-state index in [1.807, 2.05) is 35.7 Å². The SMILES string of the molecule is CCCc1cn(C2=CCC(C(N)=O)C(NC(C)(C)C)=C2)c2cccc(-n3cnc(/C(C=N)=C/[NH2+]C)c3)c12. The first kappa shape index (κ1) is 26.2. The topological polar surface area (TPSA) is 118 Å². The van der Waals surface area contributed by atoms with E-state index in [1.165, 1.54) is 17.2 Å². The Hall–Kier alpha value is -3.91. The van der Waals surface area contributed by atoms with Crippen LogP contribution in [0.4, 0.5) is 0 Å². The third-order valence-electron chi connectivity index (χ3n) is 6.45. The smallest absolute Gasteiger partial charge is 0.226 e. The third-order valence-corrected chi connectivity index (χ3v) is 6.45. The molecule has 0 fully saturated rings. The molecule has 1 unspecified atom stereocenters. The van der Waals surface area contributed by atoms with E-state index in [4.69, 9.17) is 11.1 Å². The molecule has 0 saturated heterocycles. The maximum absolute atomic E-state index is 12.2. The minimum Gasteiger partial charge on any atom is -0.383 e. The molecule has 6 N–H and O–H groups in total. The molecule has 2 aromatic heterocycles. The van der Waals surface area contributed by atoms with Gasteiger partial charge in [-0.3, -0.25) is 4.79 Å². The lowest BCUT2D eigenvalue weighted by Crippen LogP contribution is -2.72. The van der Waals surface area contributed by atoms with Crippen LogP contribution in [0.15, 0.2) is 61.0 Å². The molecule has 194 valence electrons. The van der Waals surface area contributed by atoms with Gasteiger partial charge in [-0.1, -0.05) is 25.5 Å². The quantitative estimate of drug-likeness (QED) is 0.336. The van der Waals surface area contributed by atoms with Crippen molar-refractivity contribution in [2.24, 2.45) is 11.7 Å². The van der Waals surface area contributed by atoms with Crippen LogP contribution in [-0.2, 0) is 11.2 Å². The van der Waals surface area contributed by atoms with Crippen molar-refractivity contribution < 1.29 is 10.1 Å². The highest BCUT2D eigenvalue weighted by Crippen LogP contribution is 2.34. The first-order valence-electron chi connectivity index (χ1n) is 12.8. The van der Waals surface area contributed by atoms with E-state index in [9.17, 15) is 4.79 Å². The Balaban J connectivity index is 1.85. The van der Waals surface area contributed by atoms with Gasteiger partial charge in [0.15, 0.2) is 0 Å². The van der Waals surface area contributed by atoms with Crippen LogP contribution in [0, 0.1) is 11.3 Å². The number of carbonyl (C=O) groups is 1. The van der Waals surface area contributed by atoms with E-state index in [0.717, 1.165) is 46.7 Å². The number of fused-ring (bicyclic) bond motifs is 1. The van der Waals surface area contributed by atoms with Gasteiger partial charge in [0.25, 0.3) is 0 Å². The molecule has 4 rings (SSSR count). The van der Waals surface area contributed by atoms with Crippen molar-refractivity contribution >= 4 is 34.3 Å². The van der Waals surface area contributed by atoms with E-state index >= 15 is 0 Å². The Labute approximate surface area is 218 Å². The van der Waals surface area contributed by atoms with Crippen LogP contribution in [-0.4, -0.2) is 38.8 Å². The maximum Gasteiger partial charge on any atom is 0.226 e. The molecule has 0 bridgehead atoms. The lowest BCUT2D eigenvalue weighted by Gasteiger charge is -2.30. The van der Waals surface area contributed by atoms with E-state index in [-0.39, 0.29) is 17.4 Å². The molecular weight excluding hydrogens is 462 g/mol. The number of carbonyl (C=O) groups excluding carboxylic acids is 1. The average molecular weight is 501 g/mol. The number of hydrogen-bond donors (Lipinski definition) is 4. The lowest BCUT2D eigenvalue weighted by atomic mass is 9.92. The van der Waals surface area contributed by atoms with E-state index < -0.39 is 0 Å². The van der Waals surface area contributed by atoms with Gasteiger partial charge in [0.05, 0.1) is 41.8 Å². The van der Waals surface area contributed by atoms with Crippen molar-refractivity contribution in [1.29, 1.82) is 5.41 Å². The number of nitrogens with one attached hydrogen (secondary N) is 2. The number of aromatic nitrogens is 3. The predicted molar refractivity (Wildman–Crippen MR) is 150 cm³/mol. The van der Waals surface area contributed by atoms with Crippen LogP contribution in [0.5, 0.6) is 0 Å². The van der Waals surface area contributed by atoms with Gasteiger partial charge in [0.2, 0.25) is 5.91 Å². The van der Waals surface area contributed by atoms with Crippen LogP contribution in [0.25, 0.3) is 27.9 Å². The first-order chi connectivity index (χ1) is 17.7. The normalized spacial score (nSPS) is 16.5. The summed E-state index contributed by atoms with van der Waals surface area (Å²) in [6.45, 7) is 8.43. The Morgan fingerprint density at radius 1 is 1.32 bits per heavy atom. The summed E-state index contributed by atoms with van der Waals surface area (Å²) in [5.41, 5.74) is 12.3. The van der Waals surface area contributed by atoms with Crippen LogP contribution >= 0.6 is 0 Å². The van der Waals surface area contributed by atoms with Gasteiger partial charge in [0.1, 0.15) is 6.20 Å². The largest absolute Gasteiger partial charge is 0.383 e. The molecule has 0 aliphatic heterocycles. The fraction of sp³-hybridized carbons (Fsp3) is 0.345. The number of nitrogens with two attached hydrogens (primary N) is 2. The van der Waals surface area contributed by atoms with Gasteiger partial charge in [-0.15, -0.1) is 0 Å². The van der Waals surface area contributed by atoms with Gasteiger partial charge < -0.3 is 30.9 Å². The highest BCUT2D eigenvalue weighted by molar-refractivity contribution is 6.07. The van der Waals surface area contributed by atoms with Crippen molar-refractivity contribution in [2.45, 2.75) is 52.5 Å². The van der Waals surface area contributed by atoms with Crippen LogP contribution in [0.2, 0.25) is 0 Å². The predicted octanol–water partition coefficient (Wildman–Crippen LogP) is 3.58. The molecule has 1 atom stereocenters. The summed E-state index contributed by atoms with van der Waals surface area (Å²) in [6, 6.07) is 6.30. The number of nitrogens with zero attached hydrogens (tertiary/aromatic N) is 3. The van der Waals surface area contributed by atoms with Crippen LogP contribution in [0.1, 0.15) is 51.8 Å². The summed E-state index contributed by atoms with van der Waals surface area (Å²) in [5.74, 6) is -0.684. The van der Waals surface area contributed by atoms with Gasteiger partial charge in [-0.2, -0.15) is 0 Å². The molecule has 8 heteroatoms. The van der Waals surface area contributed by atoms with Crippen molar-refractivity contribution in [1.82, 2.24) is 19.4 Å². The fourth-order valence-electron chi connectivity index (χ4n) is 4.90. The summed E-state index contributed by atoms with van der Waals surface area (Å²) < 4.78 is 4.26. The van der Waals surface area contributed by atoms with Gasteiger partial charge >= 0.3 is 0 Å². The van der Waals surface area contributed by atoms with Gasteiger partial charge in [0, 0.05) is 40.9 Å². The summed E-state index contributed by atoms with van der Waals surface area (Å²) >= 11 is 0. The Morgan fingerprint density at radius 2 is 2.11 bits per heavy atom. The summed E-state index contributed by atoms with van der Waals surface area (Å²) in [6.07, 6.45) is 15.9. The highest BCUT2D eigenvalue weighted by Gasteiger charge is 2.27. The molecule has 0 saturated carbocycles. The number of amides is 1. The second kappa shape index (κ2) is 10.6. The van der Waals surface area contributed by atoms with Crippen molar-refractivity contribution in [2.75, 3.05) is 7.05 Å². The number of rotatable bonds is 9. The Bertz CT molecular complexity index is 1410. The number of aryl methyl sites for hydroxylation is 1. The maximum atomic E-state index is 12.2. The number of hydrogen-bond acceptors (Lipinski definition) is 4. The molecule has 0 spiro atoms. The number of benzene rings is 1. The Morgan fingerprint density at radius 3 is 2.76 bits per heavy atom. The fourth-order valence-corrected chi connectivity index (χ4v) is 4.90. The third kappa shape index (κ3) is 5.44. The minimum atomic E-state index is -0.365. The molecule has 1 aromatic carbocycles. The number of allylic oxidation sites excluding steroid dienone is 4. The molecule has 0 radical (unpaired) electrons. The molecule has 8 nitrogen and oxygen atoms in total. The first-order valence-corrected chi connectivity index (χ1v) is 12.8. The van der Waals surface area contributed by atoms with E-state index in [2.05, 4.69) is 79.1 Å². The minimum absolute atomic E-state index is 0.195. The number of primary amides is 1. The monoisotopic (exact) mass is 500 g/mol. The molecular formula is C29H38N7O+. The van der Waals surface area contributed by atoms with E-state index in [1.54, 1.807) is 0 Å². The number of quaternary nitrogens is 1. The zero-order valence-electron chi connectivity index (χ0n) is 22.4. The second-order valence-electron chi connectivity index (χ2n) is 10.5. The highest BCUT2D eigenvalue weighted by atomic mass is 16.1. The second-order valence-corrected chi connectivity index (χ2v) is 10.5. The van der Waals surface area contributed by atoms with Crippen LogP contribution in [0.3, 0.4) is 0 Å². The van der Waals surface area contributed by atoms with Crippen molar-refractivity contribution in [3.8, 4) is 5.69 Å². The molecule has 3 aromatic rings. The molecule has 1 aliphatic carbocycles.